The van der Waals surface area contributed by atoms with Crippen molar-refractivity contribution in [1.82, 2.24) is 9.80 Å². The van der Waals surface area contributed by atoms with Crippen molar-refractivity contribution in [3.8, 4) is 0 Å². The maximum absolute atomic E-state index is 12.3. The van der Waals surface area contributed by atoms with E-state index in [2.05, 4.69) is 4.90 Å². The number of aliphatic carboxylic acids is 1. The molecule has 164 valence electrons. The predicted octanol–water partition coefficient (Wildman–Crippen LogP) is 1.15. The van der Waals surface area contributed by atoms with Crippen LogP contribution in [0.15, 0.2) is 0 Å². The predicted molar refractivity (Wildman–Crippen MR) is 105 cm³/mol. The molecule has 0 unspecified atom stereocenters. The molecule has 1 rings (SSSR count). The van der Waals surface area contributed by atoms with Gasteiger partial charge in [0.1, 0.15) is 5.60 Å². The van der Waals surface area contributed by atoms with Gasteiger partial charge in [0.2, 0.25) is 0 Å². The minimum atomic E-state index is -0.947. The van der Waals surface area contributed by atoms with E-state index in [1.165, 1.54) is 4.90 Å². The third-order valence-corrected chi connectivity index (χ3v) is 4.31. The monoisotopic (exact) mass is 403 g/mol. The summed E-state index contributed by atoms with van der Waals surface area (Å²) in [6.45, 7) is 10.8. The van der Waals surface area contributed by atoms with Gasteiger partial charge in [0, 0.05) is 39.3 Å². The zero-order chi connectivity index (χ0) is 21.0. The number of rotatable bonds is 12. The number of ether oxygens (including phenoxy) is 3. The zero-order valence-corrected chi connectivity index (χ0v) is 17.5. The van der Waals surface area contributed by atoms with E-state index < -0.39 is 17.7 Å². The van der Waals surface area contributed by atoms with Crippen molar-refractivity contribution < 1.29 is 28.9 Å². The Morgan fingerprint density at radius 3 is 2.39 bits per heavy atom. The summed E-state index contributed by atoms with van der Waals surface area (Å²) < 4.78 is 16.7. The van der Waals surface area contributed by atoms with Gasteiger partial charge in [-0.1, -0.05) is 0 Å². The summed E-state index contributed by atoms with van der Waals surface area (Å²) in [4.78, 5) is 26.9. The maximum Gasteiger partial charge on any atom is 0.410 e. The van der Waals surface area contributed by atoms with Gasteiger partial charge in [-0.2, -0.15) is 0 Å². The molecule has 1 aliphatic rings. The molecule has 3 N–H and O–H groups in total. The molecule has 0 aromatic rings. The van der Waals surface area contributed by atoms with E-state index >= 15 is 0 Å². The van der Waals surface area contributed by atoms with Crippen LogP contribution in [0.2, 0.25) is 0 Å². The standard InChI is InChI=1S/C19H37N3O6/c1-19(2,3)28-18(25)22(10-6-17(23)24)12-15-27-16-4-8-21(9-5-16)11-14-26-13-7-20/h16H,4-15,20H2,1-3H3,(H,23,24). The number of nitrogens with zero attached hydrogens (tertiary/aromatic N) is 2. The van der Waals surface area contributed by atoms with Gasteiger partial charge >= 0.3 is 12.1 Å². The van der Waals surface area contributed by atoms with E-state index in [1.54, 1.807) is 20.8 Å². The van der Waals surface area contributed by atoms with Gasteiger partial charge < -0.3 is 34.9 Å². The molecule has 9 heteroatoms. The van der Waals surface area contributed by atoms with E-state index in [1.807, 2.05) is 0 Å². The van der Waals surface area contributed by atoms with Crippen LogP contribution in [-0.4, -0.2) is 97.8 Å². The molecule has 1 heterocycles. The minimum absolute atomic E-state index is 0.106. The molecule has 0 radical (unpaired) electrons. The lowest BCUT2D eigenvalue weighted by Gasteiger charge is -2.32. The van der Waals surface area contributed by atoms with Gasteiger partial charge in [-0.05, 0) is 33.6 Å². The van der Waals surface area contributed by atoms with Crippen molar-refractivity contribution in [1.29, 1.82) is 0 Å². The lowest BCUT2D eigenvalue weighted by Crippen LogP contribution is -2.42. The minimum Gasteiger partial charge on any atom is -0.481 e. The topological polar surface area (TPSA) is 115 Å². The van der Waals surface area contributed by atoms with E-state index in [0.29, 0.717) is 32.9 Å². The Morgan fingerprint density at radius 2 is 1.82 bits per heavy atom. The smallest absolute Gasteiger partial charge is 0.410 e. The molecule has 28 heavy (non-hydrogen) atoms. The van der Waals surface area contributed by atoms with Gasteiger partial charge in [-0.3, -0.25) is 4.79 Å². The van der Waals surface area contributed by atoms with Crippen molar-refractivity contribution in [2.24, 2.45) is 5.73 Å². The second-order valence-electron chi connectivity index (χ2n) is 7.92. The number of piperidine rings is 1. The summed E-state index contributed by atoms with van der Waals surface area (Å²) in [7, 11) is 0. The average molecular weight is 404 g/mol. The van der Waals surface area contributed by atoms with Gasteiger partial charge in [0.15, 0.2) is 0 Å². The maximum atomic E-state index is 12.3. The highest BCUT2D eigenvalue weighted by atomic mass is 16.6. The molecule has 9 nitrogen and oxygen atoms in total. The first-order valence-corrected chi connectivity index (χ1v) is 10.0. The largest absolute Gasteiger partial charge is 0.481 e. The highest BCUT2D eigenvalue weighted by molar-refractivity contribution is 5.70. The van der Waals surface area contributed by atoms with Gasteiger partial charge in [0.05, 0.1) is 32.3 Å². The van der Waals surface area contributed by atoms with E-state index in [9.17, 15) is 9.59 Å². The second-order valence-corrected chi connectivity index (χ2v) is 7.92. The van der Waals surface area contributed by atoms with Crippen molar-refractivity contribution >= 4 is 12.1 Å². The lowest BCUT2D eigenvalue weighted by atomic mass is 10.1. The van der Waals surface area contributed by atoms with Crippen molar-refractivity contribution in [2.75, 3.05) is 59.1 Å². The van der Waals surface area contributed by atoms with Crippen molar-refractivity contribution in [3.63, 3.8) is 0 Å². The Labute approximate surface area is 168 Å². The molecule has 1 aliphatic heterocycles. The van der Waals surface area contributed by atoms with Crippen LogP contribution >= 0.6 is 0 Å². The van der Waals surface area contributed by atoms with Gasteiger partial charge in [0.25, 0.3) is 0 Å². The summed E-state index contributed by atoms with van der Waals surface area (Å²) in [6.07, 6.45) is 1.38. The molecule has 1 fully saturated rings. The lowest BCUT2D eigenvalue weighted by molar-refractivity contribution is -0.137. The fourth-order valence-electron chi connectivity index (χ4n) is 2.86. The number of carbonyl (C=O) groups excluding carboxylic acids is 1. The number of likely N-dealkylation sites (tertiary alicyclic amines) is 1. The second kappa shape index (κ2) is 12.9. The number of nitrogens with two attached hydrogens (primary N) is 1. The summed E-state index contributed by atoms with van der Waals surface area (Å²) in [5.74, 6) is -0.947. The summed E-state index contributed by atoms with van der Waals surface area (Å²) in [5.41, 5.74) is 4.77. The molecule has 0 aliphatic carbocycles. The number of hydrogen-bond acceptors (Lipinski definition) is 7. The summed E-state index contributed by atoms with van der Waals surface area (Å²) in [5, 5.41) is 8.89. The van der Waals surface area contributed by atoms with Crippen LogP contribution in [0.1, 0.15) is 40.0 Å². The first-order valence-electron chi connectivity index (χ1n) is 10.0. The molecule has 0 aromatic heterocycles. The highest BCUT2D eigenvalue weighted by Crippen LogP contribution is 2.14. The van der Waals surface area contributed by atoms with E-state index in [4.69, 9.17) is 25.1 Å². The molecule has 1 amide bonds. The van der Waals surface area contributed by atoms with Crippen LogP contribution in [0.3, 0.4) is 0 Å². The Kier molecular flexibility index (Phi) is 11.4. The molecule has 0 aromatic carbocycles. The summed E-state index contributed by atoms with van der Waals surface area (Å²) in [6, 6.07) is 0. The first-order chi connectivity index (χ1) is 13.2. The van der Waals surface area contributed by atoms with E-state index in [-0.39, 0.29) is 19.1 Å². The fraction of sp³-hybridized carbons (Fsp3) is 0.895. The third-order valence-electron chi connectivity index (χ3n) is 4.31. The van der Waals surface area contributed by atoms with Crippen LogP contribution < -0.4 is 5.73 Å². The zero-order valence-electron chi connectivity index (χ0n) is 17.5. The molecule has 0 atom stereocenters. The van der Waals surface area contributed by atoms with Gasteiger partial charge in [-0.25, -0.2) is 4.79 Å². The molecular weight excluding hydrogens is 366 g/mol. The Bertz CT molecular complexity index is 461. The van der Waals surface area contributed by atoms with Crippen LogP contribution in [0.25, 0.3) is 0 Å². The first kappa shape index (κ1) is 24.6. The number of carboxylic acid groups (broad SMARTS) is 1. The van der Waals surface area contributed by atoms with Gasteiger partial charge in [-0.15, -0.1) is 0 Å². The Balaban J connectivity index is 2.31. The molecule has 0 bridgehead atoms. The van der Waals surface area contributed by atoms with Crippen LogP contribution in [-0.2, 0) is 19.0 Å². The highest BCUT2D eigenvalue weighted by Gasteiger charge is 2.24. The number of hydrogen-bond donors (Lipinski definition) is 2. The number of amides is 1. The number of carbonyl (C=O) groups is 2. The molecule has 0 spiro atoms. The number of carboxylic acids is 1. The van der Waals surface area contributed by atoms with Crippen LogP contribution in [0.4, 0.5) is 4.79 Å². The van der Waals surface area contributed by atoms with Crippen molar-refractivity contribution in [3.05, 3.63) is 0 Å². The van der Waals surface area contributed by atoms with Crippen LogP contribution in [0, 0.1) is 0 Å². The molecular formula is C19H37N3O6. The quantitative estimate of drug-likeness (QED) is 0.467. The molecule has 1 saturated heterocycles. The Morgan fingerprint density at radius 1 is 1.14 bits per heavy atom. The van der Waals surface area contributed by atoms with E-state index in [0.717, 1.165) is 32.5 Å². The van der Waals surface area contributed by atoms with Crippen LogP contribution in [0.5, 0.6) is 0 Å². The Hall–Kier alpha value is -1.42. The third kappa shape index (κ3) is 11.4. The molecule has 0 saturated carbocycles. The van der Waals surface area contributed by atoms with Crippen molar-refractivity contribution in [2.45, 2.75) is 51.7 Å². The SMILES string of the molecule is CC(C)(C)OC(=O)N(CCOC1CCN(CCOCCN)CC1)CCC(=O)O. The average Bonchev–Trinajstić information content (AvgIpc) is 2.61. The fourth-order valence-corrected chi connectivity index (χ4v) is 2.86. The summed E-state index contributed by atoms with van der Waals surface area (Å²) >= 11 is 0. The normalized spacial score (nSPS) is 16.1.